The Balaban J connectivity index is 1.81. The molecule has 0 fully saturated rings. The molecule has 5 nitrogen and oxygen atoms in total. The Bertz CT molecular complexity index is 624. The molecule has 2 aromatic rings. The van der Waals surface area contributed by atoms with Crippen LogP contribution in [0.1, 0.15) is 29.1 Å². The summed E-state index contributed by atoms with van der Waals surface area (Å²) in [5, 5.41) is 2.75. The first-order chi connectivity index (χ1) is 10.1. The van der Waals surface area contributed by atoms with Crippen LogP contribution in [0, 0.1) is 0 Å². The van der Waals surface area contributed by atoms with E-state index in [2.05, 4.69) is 21.2 Å². The molecule has 110 valence electrons. The molecule has 1 atom stereocenters. The minimum absolute atomic E-state index is 0.0470. The van der Waals surface area contributed by atoms with Crippen molar-refractivity contribution in [2.45, 2.75) is 13.0 Å². The average Bonchev–Trinajstić information content (AvgIpc) is 2.92. The topological polar surface area (TPSA) is 68.5 Å². The van der Waals surface area contributed by atoms with E-state index in [4.69, 9.17) is 9.15 Å². The number of benzene rings is 1. The summed E-state index contributed by atoms with van der Waals surface area (Å²) >= 11 is 3.09. The molecular weight excluding hydrogens is 338 g/mol. The number of rotatable bonds is 5. The van der Waals surface area contributed by atoms with Gasteiger partial charge in [-0.3, -0.25) is 4.79 Å². The smallest absolute Gasteiger partial charge is 0.374 e. The van der Waals surface area contributed by atoms with Gasteiger partial charge in [0.25, 0.3) is 5.91 Å². The van der Waals surface area contributed by atoms with Crippen molar-refractivity contribution in [1.82, 2.24) is 5.32 Å². The van der Waals surface area contributed by atoms with Crippen LogP contribution >= 0.6 is 15.9 Å². The second-order valence-corrected chi connectivity index (χ2v) is 5.16. The highest BCUT2D eigenvalue weighted by atomic mass is 79.9. The molecule has 0 radical (unpaired) electrons. The first-order valence-corrected chi connectivity index (χ1v) is 7.12. The van der Waals surface area contributed by atoms with Crippen LogP contribution in [0.2, 0.25) is 0 Å². The molecular formula is C15H14BrNO4. The maximum atomic E-state index is 11.7. The van der Waals surface area contributed by atoms with Gasteiger partial charge in [0, 0.05) is 0 Å². The maximum Gasteiger partial charge on any atom is 0.374 e. The molecule has 0 aliphatic rings. The highest BCUT2D eigenvalue weighted by Crippen LogP contribution is 2.15. The quantitative estimate of drug-likeness (QED) is 0.840. The van der Waals surface area contributed by atoms with Crippen molar-refractivity contribution in [3.63, 3.8) is 0 Å². The number of ether oxygens (including phenoxy) is 1. The van der Waals surface area contributed by atoms with E-state index in [1.165, 1.54) is 6.07 Å². The van der Waals surface area contributed by atoms with Gasteiger partial charge in [-0.1, -0.05) is 30.3 Å². The molecule has 1 aromatic heterocycles. The minimum atomic E-state index is -0.678. The van der Waals surface area contributed by atoms with Gasteiger partial charge >= 0.3 is 5.97 Å². The molecule has 1 amide bonds. The standard InChI is InChI=1S/C15H14BrNO4/c1-10(11-5-3-2-4-6-11)17-14(18)9-20-15(19)12-7-8-13(16)21-12/h2-8,10H,9H2,1H3,(H,17,18)/t10-/m1/s1. The second-order valence-electron chi connectivity index (χ2n) is 4.38. The lowest BCUT2D eigenvalue weighted by Crippen LogP contribution is -2.31. The van der Waals surface area contributed by atoms with Crippen LogP contribution in [0.3, 0.4) is 0 Å². The lowest BCUT2D eigenvalue weighted by molar-refractivity contribution is -0.124. The molecule has 0 saturated heterocycles. The maximum absolute atomic E-state index is 11.7. The van der Waals surface area contributed by atoms with E-state index in [1.807, 2.05) is 37.3 Å². The summed E-state index contributed by atoms with van der Waals surface area (Å²) in [7, 11) is 0. The van der Waals surface area contributed by atoms with E-state index in [9.17, 15) is 9.59 Å². The lowest BCUT2D eigenvalue weighted by Gasteiger charge is -2.14. The Morgan fingerprint density at radius 3 is 2.57 bits per heavy atom. The fourth-order valence-electron chi connectivity index (χ4n) is 1.73. The molecule has 1 N–H and O–H groups in total. The van der Waals surface area contributed by atoms with Crippen molar-refractivity contribution in [2.75, 3.05) is 6.61 Å². The van der Waals surface area contributed by atoms with Crippen molar-refractivity contribution < 1.29 is 18.7 Å². The van der Waals surface area contributed by atoms with Gasteiger partial charge in [0.05, 0.1) is 6.04 Å². The minimum Gasteiger partial charge on any atom is -0.450 e. The van der Waals surface area contributed by atoms with Crippen molar-refractivity contribution in [1.29, 1.82) is 0 Å². The molecule has 1 heterocycles. The molecule has 0 bridgehead atoms. The summed E-state index contributed by atoms with van der Waals surface area (Å²) in [6, 6.07) is 12.4. The van der Waals surface area contributed by atoms with Crippen molar-refractivity contribution >= 4 is 27.8 Å². The van der Waals surface area contributed by atoms with Gasteiger partial charge < -0.3 is 14.5 Å². The third-order valence-corrected chi connectivity index (χ3v) is 3.21. The third kappa shape index (κ3) is 4.46. The number of esters is 1. The number of amides is 1. The summed E-state index contributed by atoms with van der Waals surface area (Å²) in [5.41, 5.74) is 0.979. The van der Waals surface area contributed by atoms with Crippen molar-refractivity contribution in [3.05, 3.63) is 58.5 Å². The Morgan fingerprint density at radius 1 is 1.24 bits per heavy atom. The van der Waals surface area contributed by atoms with Gasteiger partial charge in [0.2, 0.25) is 5.76 Å². The largest absolute Gasteiger partial charge is 0.450 e. The number of carbonyl (C=O) groups excluding carboxylic acids is 2. The summed E-state index contributed by atoms with van der Waals surface area (Å²) < 4.78 is 10.3. The zero-order valence-electron chi connectivity index (χ0n) is 11.3. The number of furan rings is 1. The molecule has 1 aromatic carbocycles. The van der Waals surface area contributed by atoms with Gasteiger partial charge in [-0.25, -0.2) is 4.79 Å². The van der Waals surface area contributed by atoms with Gasteiger partial charge in [-0.2, -0.15) is 0 Å². The Labute approximate surface area is 130 Å². The van der Waals surface area contributed by atoms with Crippen LogP contribution in [0.4, 0.5) is 0 Å². The fourth-order valence-corrected chi connectivity index (χ4v) is 2.04. The summed E-state index contributed by atoms with van der Waals surface area (Å²) in [5.74, 6) is -1.00. The van der Waals surface area contributed by atoms with Crippen LogP contribution in [-0.2, 0) is 9.53 Å². The zero-order valence-corrected chi connectivity index (χ0v) is 12.9. The van der Waals surface area contributed by atoms with E-state index in [1.54, 1.807) is 6.07 Å². The molecule has 0 spiro atoms. The summed E-state index contributed by atoms with van der Waals surface area (Å²) in [4.78, 5) is 23.3. The van der Waals surface area contributed by atoms with Crippen molar-refractivity contribution in [3.8, 4) is 0 Å². The molecule has 0 saturated carbocycles. The number of hydrogen-bond donors (Lipinski definition) is 1. The molecule has 2 rings (SSSR count). The van der Waals surface area contributed by atoms with Crippen LogP contribution in [-0.4, -0.2) is 18.5 Å². The van der Waals surface area contributed by atoms with Gasteiger partial charge in [-0.15, -0.1) is 0 Å². The Kier molecular flexibility index (Phi) is 5.16. The highest BCUT2D eigenvalue weighted by Gasteiger charge is 2.15. The summed E-state index contributed by atoms with van der Waals surface area (Å²) in [6.07, 6.45) is 0. The number of carbonyl (C=O) groups is 2. The van der Waals surface area contributed by atoms with E-state index >= 15 is 0 Å². The first kappa shape index (κ1) is 15.3. The monoisotopic (exact) mass is 351 g/mol. The molecule has 21 heavy (non-hydrogen) atoms. The van der Waals surface area contributed by atoms with Crippen LogP contribution in [0.5, 0.6) is 0 Å². The second kappa shape index (κ2) is 7.08. The first-order valence-electron chi connectivity index (χ1n) is 6.33. The Hall–Kier alpha value is -2.08. The predicted molar refractivity (Wildman–Crippen MR) is 79.7 cm³/mol. The molecule has 0 unspecified atom stereocenters. The fraction of sp³-hybridized carbons (Fsp3) is 0.200. The van der Waals surface area contributed by atoms with Crippen LogP contribution < -0.4 is 5.32 Å². The van der Waals surface area contributed by atoms with Crippen LogP contribution in [0.15, 0.2) is 51.6 Å². The normalized spacial score (nSPS) is 11.7. The lowest BCUT2D eigenvalue weighted by atomic mass is 10.1. The third-order valence-electron chi connectivity index (χ3n) is 2.79. The van der Waals surface area contributed by atoms with E-state index in [0.29, 0.717) is 4.67 Å². The predicted octanol–water partition coefficient (Wildman–Crippen LogP) is 3.08. The van der Waals surface area contributed by atoms with E-state index in [0.717, 1.165) is 5.56 Å². The van der Waals surface area contributed by atoms with Gasteiger partial charge in [0.15, 0.2) is 11.3 Å². The average molecular weight is 352 g/mol. The van der Waals surface area contributed by atoms with E-state index < -0.39 is 5.97 Å². The van der Waals surface area contributed by atoms with Gasteiger partial charge in [0.1, 0.15) is 0 Å². The van der Waals surface area contributed by atoms with Crippen LogP contribution in [0.25, 0.3) is 0 Å². The molecule has 6 heteroatoms. The number of nitrogens with one attached hydrogen (secondary N) is 1. The number of halogens is 1. The highest BCUT2D eigenvalue weighted by molar-refractivity contribution is 9.10. The SMILES string of the molecule is C[C@@H](NC(=O)COC(=O)c1ccc(Br)o1)c1ccccc1. The molecule has 0 aliphatic heterocycles. The zero-order chi connectivity index (χ0) is 15.2. The Morgan fingerprint density at radius 2 is 1.95 bits per heavy atom. The number of hydrogen-bond acceptors (Lipinski definition) is 4. The van der Waals surface area contributed by atoms with Crippen molar-refractivity contribution in [2.24, 2.45) is 0 Å². The van der Waals surface area contributed by atoms with E-state index in [-0.39, 0.29) is 24.3 Å². The summed E-state index contributed by atoms with van der Waals surface area (Å²) in [6.45, 7) is 1.51. The van der Waals surface area contributed by atoms with Gasteiger partial charge in [-0.05, 0) is 40.5 Å². The molecule has 0 aliphatic carbocycles.